The van der Waals surface area contributed by atoms with Crippen molar-refractivity contribution in [1.82, 2.24) is 0 Å². The number of nitrogens with two attached hydrogens (primary N) is 1. The van der Waals surface area contributed by atoms with Gasteiger partial charge < -0.3 is 10.5 Å². The van der Waals surface area contributed by atoms with E-state index in [-0.39, 0.29) is 0 Å². The van der Waals surface area contributed by atoms with Crippen molar-refractivity contribution in [2.75, 3.05) is 12.8 Å². The lowest BCUT2D eigenvalue weighted by molar-refractivity contribution is 0.306. The molecule has 0 atom stereocenters. The van der Waals surface area contributed by atoms with Gasteiger partial charge in [-0.1, -0.05) is 24.3 Å². The molecular weight excluding hydrogens is 286 g/mol. The summed E-state index contributed by atoms with van der Waals surface area (Å²) in [5.41, 5.74) is 7.77. The Bertz CT molecular complexity index is 676. The molecule has 21 heavy (non-hydrogen) atoms. The molecule has 0 bridgehead atoms. The SMILES string of the molecule is CS(=O)(=O)c1ccc(OCc2ccc(CCN)cc2)cc1. The van der Waals surface area contributed by atoms with E-state index in [4.69, 9.17) is 10.5 Å². The minimum absolute atomic E-state index is 0.293. The van der Waals surface area contributed by atoms with Gasteiger partial charge in [0, 0.05) is 6.26 Å². The molecule has 0 amide bonds. The monoisotopic (exact) mass is 305 g/mol. The van der Waals surface area contributed by atoms with Crippen LogP contribution in [-0.4, -0.2) is 21.2 Å². The van der Waals surface area contributed by atoms with Gasteiger partial charge in [0.25, 0.3) is 0 Å². The maximum absolute atomic E-state index is 11.4. The highest BCUT2D eigenvalue weighted by molar-refractivity contribution is 7.90. The number of hydrogen-bond donors (Lipinski definition) is 1. The summed E-state index contributed by atoms with van der Waals surface area (Å²) in [6, 6.07) is 14.5. The van der Waals surface area contributed by atoms with Gasteiger partial charge in [0.1, 0.15) is 12.4 Å². The van der Waals surface area contributed by atoms with Crippen LogP contribution in [0.25, 0.3) is 0 Å². The summed E-state index contributed by atoms with van der Waals surface area (Å²) in [7, 11) is -3.16. The molecule has 4 nitrogen and oxygen atoms in total. The molecule has 2 rings (SSSR count). The van der Waals surface area contributed by atoms with E-state index in [1.54, 1.807) is 24.3 Å². The standard InChI is InChI=1S/C16H19NO3S/c1-21(18,19)16-8-6-15(7-9-16)20-12-14-4-2-13(3-5-14)10-11-17/h2-9H,10-12,17H2,1H3. The van der Waals surface area contributed by atoms with Crippen LogP contribution in [0.5, 0.6) is 5.75 Å². The molecule has 0 saturated carbocycles. The van der Waals surface area contributed by atoms with Crippen molar-refractivity contribution >= 4 is 9.84 Å². The fourth-order valence-corrected chi connectivity index (χ4v) is 2.55. The molecule has 0 saturated heterocycles. The Balaban J connectivity index is 1.96. The Hall–Kier alpha value is -1.85. The first-order chi connectivity index (χ1) is 9.99. The molecule has 2 aromatic carbocycles. The highest BCUT2D eigenvalue weighted by atomic mass is 32.2. The van der Waals surface area contributed by atoms with E-state index in [1.165, 1.54) is 11.8 Å². The van der Waals surface area contributed by atoms with E-state index in [0.29, 0.717) is 23.8 Å². The number of hydrogen-bond acceptors (Lipinski definition) is 4. The van der Waals surface area contributed by atoms with Crippen LogP contribution in [-0.2, 0) is 22.9 Å². The van der Waals surface area contributed by atoms with E-state index >= 15 is 0 Å². The predicted molar refractivity (Wildman–Crippen MR) is 83.1 cm³/mol. The van der Waals surface area contributed by atoms with E-state index in [0.717, 1.165) is 12.0 Å². The van der Waals surface area contributed by atoms with Crippen molar-refractivity contribution in [3.8, 4) is 5.75 Å². The van der Waals surface area contributed by atoms with E-state index in [9.17, 15) is 8.42 Å². The third-order valence-electron chi connectivity index (χ3n) is 3.11. The van der Waals surface area contributed by atoms with Crippen LogP contribution in [0.4, 0.5) is 0 Å². The fraction of sp³-hybridized carbons (Fsp3) is 0.250. The van der Waals surface area contributed by atoms with Crippen LogP contribution < -0.4 is 10.5 Å². The Labute approximate surface area is 125 Å². The molecule has 0 aliphatic carbocycles. The van der Waals surface area contributed by atoms with Gasteiger partial charge in [0.05, 0.1) is 4.90 Å². The second-order valence-electron chi connectivity index (χ2n) is 4.89. The average molecular weight is 305 g/mol. The topological polar surface area (TPSA) is 69.4 Å². The predicted octanol–water partition coefficient (Wildman–Crippen LogP) is 2.17. The molecule has 0 aromatic heterocycles. The first kappa shape index (κ1) is 15.5. The molecule has 112 valence electrons. The molecule has 0 spiro atoms. The van der Waals surface area contributed by atoms with Crippen LogP contribution in [0.2, 0.25) is 0 Å². The van der Waals surface area contributed by atoms with E-state index < -0.39 is 9.84 Å². The van der Waals surface area contributed by atoms with Crippen LogP contribution in [0.3, 0.4) is 0 Å². The third kappa shape index (κ3) is 4.58. The van der Waals surface area contributed by atoms with Gasteiger partial charge in [-0.15, -0.1) is 0 Å². The second-order valence-corrected chi connectivity index (χ2v) is 6.90. The maximum Gasteiger partial charge on any atom is 0.175 e. The van der Waals surface area contributed by atoms with Crippen molar-refractivity contribution in [3.63, 3.8) is 0 Å². The highest BCUT2D eigenvalue weighted by Gasteiger charge is 2.06. The Morgan fingerprint density at radius 1 is 0.952 bits per heavy atom. The van der Waals surface area contributed by atoms with Crippen molar-refractivity contribution < 1.29 is 13.2 Å². The van der Waals surface area contributed by atoms with Gasteiger partial charge >= 0.3 is 0 Å². The first-order valence-electron chi connectivity index (χ1n) is 6.70. The first-order valence-corrected chi connectivity index (χ1v) is 8.59. The van der Waals surface area contributed by atoms with Crippen molar-refractivity contribution in [2.45, 2.75) is 17.9 Å². The molecule has 0 fully saturated rings. The van der Waals surface area contributed by atoms with Gasteiger partial charge in [-0.3, -0.25) is 0 Å². The zero-order valence-electron chi connectivity index (χ0n) is 12.0. The van der Waals surface area contributed by atoms with E-state index in [2.05, 4.69) is 0 Å². The number of rotatable bonds is 6. The van der Waals surface area contributed by atoms with Crippen molar-refractivity contribution in [2.24, 2.45) is 5.73 Å². The van der Waals surface area contributed by atoms with E-state index in [1.807, 2.05) is 24.3 Å². The Kier molecular flexibility index (Phi) is 4.98. The molecule has 0 unspecified atom stereocenters. The number of sulfone groups is 1. The van der Waals surface area contributed by atoms with Crippen LogP contribution in [0.1, 0.15) is 11.1 Å². The summed E-state index contributed by atoms with van der Waals surface area (Å²) in [4.78, 5) is 0.293. The second kappa shape index (κ2) is 6.74. The van der Waals surface area contributed by atoms with Crippen molar-refractivity contribution in [1.29, 1.82) is 0 Å². The van der Waals surface area contributed by atoms with Gasteiger partial charge in [-0.2, -0.15) is 0 Å². The lowest BCUT2D eigenvalue weighted by atomic mass is 10.1. The molecule has 0 radical (unpaired) electrons. The quantitative estimate of drug-likeness (QED) is 0.888. The highest BCUT2D eigenvalue weighted by Crippen LogP contribution is 2.17. The zero-order valence-corrected chi connectivity index (χ0v) is 12.8. The summed E-state index contributed by atoms with van der Waals surface area (Å²) in [6.45, 7) is 1.09. The van der Waals surface area contributed by atoms with Crippen LogP contribution in [0.15, 0.2) is 53.4 Å². The lowest BCUT2D eigenvalue weighted by Crippen LogP contribution is -2.03. The van der Waals surface area contributed by atoms with Gasteiger partial charge in [0.2, 0.25) is 0 Å². The fourth-order valence-electron chi connectivity index (χ4n) is 1.92. The lowest BCUT2D eigenvalue weighted by Gasteiger charge is -2.08. The molecule has 2 aromatic rings. The minimum Gasteiger partial charge on any atom is -0.489 e. The van der Waals surface area contributed by atoms with Crippen LogP contribution in [0, 0.1) is 0 Å². The Morgan fingerprint density at radius 2 is 1.52 bits per heavy atom. The molecule has 0 heterocycles. The van der Waals surface area contributed by atoms with Crippen molar-refractivity contribution in [3.05, 3.63) is 59.7 Å². The molecule has 5 heteroatoms. The summed E-state index contributed by atoms with van der Waals surface area (Å²) < 4.78 is 28.4. The molecular formula is C16H19NO3S. The average Bonchev–Trinajstić information content (AvgIpc) is 2.46. The normalized spacial score (nSPS) is 11.3. The maximum atomic E-state index is 11.4. The molecule has 0 aliphatic rings. The third-order valence-corrected chi connectivity index (χ3v) is 4.24. The van der Waals surface area contributed by atoms with Crippen LogP contribution >= 0.6 is 0 Å². The minimum atomic E-state index is -3.16. The van der Waals surface area contributed by atoms with Gasteiger partial charge in [-0.25, -0.2) is 8.42 Å². The van der Waals surface area contributed by atoms with Gasteiger partial charge in [-0.05, 0) is 48.4 Å². The summed E-state index contributed by atoms with van der Waals surface area (Å²) >= 11 is 0. The summed E-state index contributed by atoms with van der Waals surface area (Å²) in [5.74, 6) is 0.647. The summed E-state index contributed by atoms with van der Waals surface area (Å²) in [5, 5.41) is 0. The Morgan fingerprint density at radius 3 is 2.05 bits per heavy atom. The van der Waals surface area contributed by atoms with Gasteiger partial charge in [0.15, 0.2) is 9.84 Å². The zero-order chi connectivity index (χ0) is 15.3. The molecule has 0 aliphatic heterocycles. The smallest absolute Gasteiger partial charge is 0.175 e. The largest absolute Gasteiger partial charge is 0.489 e. The summed E-state index contributed by atoms with van der Waals surface area (Å²) in [6.07, 6.45) is 2.06. The number of ether oxygens (including phenoxy) is 1. The number of benzene rings is 2. The molecule has 2 N–H and O–H groups in total.